The first-order valence-electron chi connectivity index (χ1n) is 12.3. The molecule has 4 rings (SSSR count). The molecule has 1 N–H and O–H groups in total. The highest BCUT2D eigenvalue weighted by Gasteiger charge is 2.23. The van der Waals surface area contributed by atoms with Crippen molar-refractivity contribution in [1.29, 1.82) is 0 Å². The quantitative estimate of drug-likeness (QED) is 0.794. The van der Waals surface area contributed by atoms with E-state index < -0.39 is 68.4 Å². The smallest absolute Gasteiger partial charge is 0.138 e. The van der Waals surface area contributed by atoms with E-state index in [4.69, 9.17) is 26.7 Å². The first kappa shape index (κ1) is 6.83. The Kier molecular flexibility index (Phi) is 1.74. The number of fused-ring (bicyclic) bond motifs is 2. The van der Waals surface area contributed by atoms with E-state index >= 15 is 0 Å². The number of para-hydroxylation sites is 1. The van der Waals surface area contributed by atoms with Crippen molar-refractivity contribution in [3.8, 4) is 0 Å². The first-order chi connectivity index (χ1) is 15.6. The molecule has 0 spiro atoms. The molecule has 2 aliphatic rings. The Morgan fingerprint density at radius 3 is 2.78 bits per heavy atom. The van der Waals surface area contributed by atoms with Crippen molar-refractivity contribution < 1.29 is 15.1 Å². The lowest BCUT2D eigenvalue weighted by Gasteiger charge is -2.34. The normalized spacial score (nSPS) is 28.9. The van der Waals surface area contributed by atoms with E-state index in [1.54, 1.807) is 0 Å². The minimum Gasteiger partial charge on any atom is -0.353 e. The second-order valence-electron chi connectivity index (χ2n) is 4.95. The number of amidine groups is 1. The van der Waals surface area contributed by atoms with Gasteiger partial charge in [-0.25, -0.2) is 4.99 Å². The van der Waals surface area contributed by atoms with E-state index in [0.29, 0.717) is 0 Å². The Morgan fingerprint density at radius 2 is 1.96 bits per heavy atom. The number of aliphatic imine (C=N–C) groups is 1. The fourth-order valence-corrected chi connectivity index (χ4v) is 2.42. The molecule has 118 valence electrons. The molecule has 2 aromatic carbocycles. The van der Waals surface area contributed by atoms with Crippen LogP contribution in [0.2, 0.25) is 5.02 Å². The molecule has 1 saturated heterocycles. The summed E-state index contributed by atoms with van der Waals surface area (Å²) in [6.45, 7) is -5.15. The lowest BCUT2D eigenvalue weighted by Crippen LogP contribution is -2.47. The minimum absolute atomic E-state index is 0.166. The van der Waals surface area contributed by atoms with Gasteiger partial charge in [0.2, 0.25) is 0 Å². The second kappa shape index (κ2) is 5.87. The number of hydrogen-bond acceptors (Lipinski definition) is 4. The van der Waals surface area contributed by atoms with Crippen LogP contribution in [0.4, 0.5) is 17.1 Å². The van der Waals surface area contributed by atoms with Gasteiger partial charge < -0.3 is 15.1 Å². The average molecular weight is 338 g/mol. The molecule has 1 fully saturated rings. The molecule has 0 radical (unpaired) electrons. The van der Waals surface area contributed by atoms with Gasteiger partial charge in [-0.05, 0) is 37.3 Å². The lowest BCUT2D eigenvalue weighted by atomic mass is 10.1. The van der Waals surface area contributed by atoms with E-state index in [-0.39, 0.29) is 33.5 Å². The molecule has 0 unspecified atom stereocenters. The standard InChI is InChI=1S/C18H19ClN4/c1-22-8-10-23(11-9-22)18-14-4-2-3-5-15(14)20-16-7-6-13(19)12-17(16)21-18/h2-7,12,20H,8-11H2,1H3/i2D,3D,4D,5D,6D,7D,8D2,9D2,12D. The summed E-state index contributed by atoms with van der Waals surface area (Å²) in [5.41, 5.74) is -0.729. The van der Waals surface area contributed by atoms with Crippen LogP contribution < -0.4 is 5.32 Å². The summed E-state index contributed by atoms with van der Waals surface area (Å²) < 4.78 is 91.0. The van der Waals surface area contributed by atoms with Crippen LogP contribution >= 0.6 is 11.6 Å². The molecular formula is C18H19ClN4. The zero-order chi connectivity index (χ0) is 25.5. The summed E-state index contributed by atoms with van der Waals surface area (Å²) in [7, 11) is 1.30. The molecular weight excluding hydrogens is 308 g/mol. The van der Waals surface area contributed by atoms with Gasteiger partial charge in [0.05, 0.1) is 21.0 Å². The average Bonchev–Trinajstić information content (AvgIpc) is 2.94. The highest BCUT2D eigenvalue weighted by molar-refractivity contribution is 6.31. The molecule has 2 heterocycles. The summed E-state index contributed by atoms with van der Waals surface area (Å²) >= 11 is 6.07. The monoisotopic (exact) mass is 337 g/mol. The maximum Gasteiger partial charge on any atom is 0.138 e. The number of halogens is 1. The van der Waals surface area contributed by atoms with E-state index in [1.807, 2.05) is 0 Å². The number of likely N-dealkylation sites (N-methyl/N-ethyl adjacent to an activating group) is 1. The number of nitrogens with one attached hydrogen (secondary N) is 1. The van der Waals surface area contributed by atoms with Crippen LogP contribution in [0.5, 0.6) is 0 Å². The Balaban J connectivity index is 2.10. The van der Waals surface area contributed by atoms with Crippen molar-refractivity contribution in [2.24, 2.45) is 4.99 Å². The highest BCUT2D eigenvalue weighted by atomic mass is 35.5. The summed E-state index contributed by atoms with van der Waals surface area (Å²) in [5, 5.41) is 2.38. The second-order valence-corrected chi connectivity index (χ2v) is 5.33. The van der Waals surface area contributed by atoms with Crippen LogP contribution in [0, 0.1) is 0 Å². The Hall–Kier alpha value is -2.04. The first-order valence-corrected chi connectivity index (χ1v) is 7.22. The Morgan fingerprint density at radius 1 is 1.17 bits per heavy atom. The van der Waals surface area contributed by atoms with Crippen molar-refractivity contribution in [2.45, 2.75) is 0 Å². The van der Waals surface area contributed by atoms with Crippen molar-refractivity contribution >= 4 is 34.5 Å². The number of rotatable bonds is 0. The van der Waals surface area contributed by atoms with Crippen LogP contribution in [-0.2, 0) is 0 Å². The minimum atomic E-state index is -2.18. The van der Waals surface area contributed by atoms with Crippen LogP contribution in [0.15, 0.2) is 47.3 Å². The summed E-state index contributed by atoms with van der Waals surface area (Å²) in [6.07, 6.45) is 0. The van der Waals surface area contributed by atoms with Gasteiger partial charge in [0.15, 0.2) is 0 Å². The third-order valence-electron chi connectivity index (χ3n) is 3.44. The maximum atomic E-state index is 8.50. The van der Waals surface area contributed by atoms with E-state index in [2.05, 4.69) is 10.3 Å². The predicted octanol–water partition coefficient (Wildman–Crippen LogP) is 3.72. The lowest BCUT2D eigenvalue weighted by molar-refractivity contribution is 0.216. The predicted molar refractivity (Wildman–Crippen MR) is 96.4 cm³/mol. The number of hydrogen-bond donors (Lipinski definition) is 1. The van der Waals surface area contributed by atoms with Gasteiger partial charge in [0.1, 0.15) is 5.84 Å². The van der Waals surface area contributed by atoms with Crippen molar-refractivity contribution in [1.82, 2.24) is 9.80 Å². The third kappa shape index (κ3) is 2.80. The topological polar surface area (TPSA) is 30.9 Å². The number of benzene rings is 2. The van der Waals surface area contributed by atoms with Gasteiger partial charge in [-0.2, -0.15) is 0 Å². The Bertz CT molecular complexity index is 1250. The molecule has 0 atom stereocenters. The van der Waals surface area contributed by atoms with Crippen LogP contribution in [0.1, 0.15) is 20.6 Å². The van der Waals surface area contributed by atoms with Gasteiger partial charge in [0, 0.05) is 47.8 Å². The van der Waals surface area contributed by atoms with Gasteiger partial charge in [-0.15, -0.1) is 0 Å². The molecule has 23 heavy (non-hydrogen) atoms. The molecule has 4 nitrogen and oxygen atoms in total. The van der Waals surface area contributed by atoms with E-state index in [0.717, 1.165) is 4.90 Å². The molecule has 0 bridgehead atoms. The van der Waals surface area contributed by atoms with E-state index in [9.17, 15) is 0 Å². The number of anilines is 2. The summed E-state index contributed by atoms with van der Waals surface area (Å²) in [5.74, 6) is -0.198. The highest BCUT2D eigenvalue weighted by Crippen LogP contribution is 2.36. The summed E-state index contributed by atoms with van der Waals surface area (Å²) in [4.78, 5) is 6.56. The Labute approximate surface area is 156 Å². The van der Waals surface area contributed by atoms with Crippen LogP contribution in [-0.4, -0.2) is 48.8 Å². The van der Waals surface area contributed by atoms with Gasteiger partial charge in [-0.1, -0.05) is 23.7 Å². The molecule has 2 aromatic rings. The molecule has 0 amide bonds. The maximum absolute atomic E-state index is 8.50. The van der Waals surface area contributed by atoms with E-state index in [1.165, 1.54) is 11.9 Å². The van der Waals surface area contributed by atoms with Crippen molar-refractivity contribution in [2.75, 3.05) is 38.4 Å². The zero-order valence-electron chi connectivity index (χ0n) is 23.1. The molecule has 0 aliphatic carbocycles. The third-order valence-corrected chi connectivity index (χ3v) is 3.63. The molecule has 2 aliphatic heterocycles. The fraction of sp³-hybridized carbons (Fsp3) is 0.278. The molecule has 0 saturated carbocycles. The van der Waals surface area contributed by atoms with Crippen molar-refractivity contribution in [3.05, 3.63) is 52.9 Å². The molecule has 5 heteroatoms. The molecule has 0 aromatic heterocycles. The largest absolute Gasteiger partial charge is 0.353 e. The van der Waals surface area contributed by atoms with Crippen LogP contribution in [0.3, 0.4) is 0 Å². The van der Waals surface area contributed by atoms with Crippen LogP contribution in [0.25, 0.3) is 0 Å². The number of nitrogens with zero attached hydrogens (tertiary/aromatic N) is 3. The van der Waals surface area contributed by atoms with Gasteiger partial charge in [0.25, 0.3) is 0 Å². The zero-order valence-corrected chi connectivity index (χ0v) is 12.9. The van der Waals surface area contributed by atoms with Gasteiger partial charge in [-0.3, -0.25) is 0 Å². The van der Waals surface area contributed by atoms with Gasteiger partial charge >= 0.3 is 0 Å². The summed E-state index contributed by atoms with van der Waals surface area (Å²) in [6, 6.07) is -3.49. The SMILES string of the molecule is [2H]c1c([2H])c([2H])c2c(c1[2H])Nc1c([2H])c([2H])c(Cl)c([2H])c1N=C2N1CC([2H])([2H])N(C)C([2H])([2H])C1. The fourth-order valence-electron chi connectivity index (χ4n) is 2.28. The number of piperazine rings is 1. The van der Waals surface area contributed by atoms with Crippen molar-refractivity contribution in [3.63, 3.8) is 0 Å².